The fourth-order valence-electron chi connectivity index (χ4n) is 2.33. The first kappa shape index (κ1) is 16.9. The van der Waals surface area contributed by atoms with E-state index in [9.17, 15) is 4.79 Å². The van der Waals surface area contributed by atoms with Crippen molar-refractivity contribution in [3.8, 4) is 10.6 Å². The molecule has 0 radical (unpaired) electrons. The van der Waals surface area contributed by atoms with E-state index in [4.69, 9.17) is 11.6 Å². The molecule has 6 nitrogen and oxygen atoms in total. The Morgan fingerprint density at radius 3 is 2.73 bits per heavy atom. The molecular formula is C17H12ClN5OS2. The zero-order valence-electron chi connectivity index (χ0n) is 13.3. The number of amides is 1. The third kappa shape index (κ3) is 3.82. The van der Waals surface area contributed by atoms with Crippen molar-refractivity contribution in [2.24, 2.45) is 0 Å². The van der Waals surface area contributed by atoms with E-state index < -0.39 is 0 Å². The van der Waals surface area contributed by atoms with Gasteiger partial charge in [-0.25, -0.2) is 14.6 Å². The highest BCUT2D eigenvalue weighted by atomic mass is 35.5. The minimum Gasteiger partial charge on any atom is -0.298 e. The third-order valence-electron chi connectivity index (χ3n) is 3.58. The van der Waals surface area contributed by atoms with Crippen LogP contribution in [0.2, 0.25) is 4.34 Å². The van der Waals surface area contributed by atoms with Crippen LogP contribution in [0.3, 0.4) is 0 Å². The van der Waals surface area contributed by atoms with E-state index in [0.717, 1.165) is 16.1 Å². The third-order valence-corrected chi connectivity index (χ3v) is 5.59. The SMILES string of the molecule is O=C(Nc1nc(-c2ccc(Cl)s2)cs1)c1ccc(Cn2cncn2)cc1. The van der Waals surface area contributed by atoms with Gasteiger partial charge in [-0.05, 0) is 29.8 Å². The Bertz CT molecular complexity index is 1020. The van der Waals surface area contributed by atoms with Crippen molar-refractivity contribution < 1.29 is 4.79 Å². The second-order valence-electron chi connectivity index (χ2n) is 5.39. The lowest BCUT2D eigenvalue weighted by Crippen LogP contribution is -2.11. The summed E-state index contributed by atoms with van der Waals surface area (Å²) in [5.74, 6) is -0.192. The van der Waals surface area contributed by atoms with Gasteiger partial charge in [0, 0.05) is 10.9 Å². The number of carbonyl (C=O) groups excluding carboxylic acids is 1. The monoisotopic (exact) mass is 401 g/mol. The van der Waals surface area contributed by atoms with E-state index in [1.165, 1.54) is 29.0 Å². The van der Waals surface area contributed by atoms with Crippen LogP contribution in [0, 0.1) is 0 Å². The Balaban J connectivity index is 1.42. The summed E-state index contributed by atoms with van der Waals surface area (Å²) in [7, 11) is 0. The summed E-state index contributed by atoms with van der Waals surface area (Å²) < 4.78 is 2.44. The molecule has 0 atom stereocenters. The lowest BCUT2D eigenvalue weighted by Gasteiger charge is -2.04. The number of halogens is 1. The zero-order valence-corrected chi connectivity index (χ0v) is 15.7. The molecule has 3 aromatic heterocycles. The van der Waals surface area contributed by atoms with E-state index in [-0.39, 0.29) is 5.91 Å². The highest BCUT2D eigenvalue weighted by Gasteiger charge is 2.11. The van der Waals surface area contributed by atoms with Crippen molar-refractivity contribution in [1.82, 2.24) is 19.7 Å². The first-order valence-electron chi connectivity index (χ1n) is 7.61. The standard InChI is InChI=1S/C17H12ClN5OS2/c18-15-6-5-14(26-15)13-8-25-17(21-13)22-16(24)12-3-1-11(2-4-12)7-23-10-19-9-20-23/h1-6,8-10H,7H2,(H,21,22,24). The molecule has 4 aromatic rings. The number of aromatic nitrogens is 4. The number of hydrogen-bond acceptors (Lipinski definition) is 6. The van der Waals surface area contributed by atoms with Gasteiger partial charge in [0.2, 0.25) is 0 Å². The van der Waals surface area contributed by atoms with Gasteiger partial charge in [-0.3, -0.25) is 10.1 Å². The summed E-state index contributed by atoms with van der Waals surface area (Å²) >= 11 is 8.80. The first-order chi connectivity index (χ1) is 12.7. The fourth-order valence-corrected chi connectivity index (χ4v) is 4.11. The van der Waals surface area contributed by atoms with Crippen molar-refractivity contribution in [2.75, 3.05) is 5.32 Å². The van der Waals surface area contributed by atoms with Crippen molar-refractivity contribution in [3.05, 3.63) is 69.9 Å². The van der Waals surface area contributed by atoms with Gasteiger partial charge in [0.15, 0.2) is 5.13 Å². The molecule has 0 unspecified atom stereocenters. The summed E-state index contributed by atoms with van der Waals surface area (Å²) in [5, 5.41) is 9.36. The number of nitrogens with zero attached hydrogens (tertiary/aromatic N) is 4. The number of nitrogens with one attached hydrogen (secondary N) is 1. The van der Waals surface area contributed by atoms with Crippen LogP contribution in [0.1, 0.15) is 15.9 Å². The van der Waals surface area contributed by atoms with Crippen LogP contribution in [-0.2, 0) is 6.54 Å². The largest absolute Gasteiger partial charge is 0.298 e. The molecule has 4 rings (SSSR count). The fraction of sp³-hybridized carbons (Fsp3) is 0.0588. The van der Waals surface area contributed by atoms with E-state index in [1.54, 1.807) is 23.1 Å². The highest BCUT2D eigenvalue weighted by Crippen LogP contribution is 2.32. The maximum absolute atomic E-state index is 12.4. The van der Waals surface area contributed by atoms with Crippen LogP contribution in [0.4, 0.5) is 5.13 Å². The van der Waals surface area contributed by atoms with E-state index >= 15 is 0 Å². The zero-order chi connectivity index (χ0) is 17.9. The molecule has 3 heterocycles. The van der Waals surface area contributed by atoms with Gasteiger partial charge in [-0.1, -0.05) is 23.7 Å². The molecule has 1 amide bonds. The molecule has 0 aliphatic heterocycles. The van der Waals surface area contributed by atoms with Gasteiger partial charge in [0.25, 0.3) is 5.91 Å². The predicted octanol–water partition coefficient (Wildman–Crippen LogP) is 4.42. The van der Waals surface area contributed by atoms with Crippen molar-refractivity contribution in [3.63, 3.8) is 0 Å². The lowest BCUT2D eigenvalue weighted by atomic mass is 10.1. The first-order valence-corrected chi connectivity index (χ1v) is 9.69. The average Bonchev–Trinajstić information content (AvgIpc) is 3.38. The minimum atomic E-state index is -0.192. The summed E-state index contributed by atoms with van der Waals surface area (Å²) in [5.41, 5.74) is 2.42. The van der Waals surface area contributed by atoms with Crippen molar-refractivity contribution in [1.29, 1.82) is 0 Å². The molecule has 9 heteroatoms. The second kappa shape index (κ2) is 7.36. The molecule has 26 heavy (non-hydrogen) atoms. The Kier molecular flexibility index (Phi) is 4.79. The molecule has 0 aliphatic rings. The molecule has 130 valence electrons. The van der Waals surface area contributed by atoms with Crippen LogP contribution in [0.25, 0.3) is 10.6 Å². The highest BCUT2D eigenvalue weighted by molar-refractivity contribution is 7.20. The topological polar surface area (TPSA) is 72.7 Å². The maximum Gasteiger partial charge on any atom is 0.257 e. The Morgan fingerprint density at radius 2 is 2.04 bits per heavy atom. The number of hydrogen-bond donors (Lipinski definition) is 1. The molecule has 0 bridgehead atoms. The molecule has 0 aliphatic carbocycles. The average molecular weight is 402 g/mol. The predicted molar refractivity (Wildman–Crippen MR) is 104 cm³/mol. The summed E-state index contributed by atoms with van der Waals surface area (Å²) in [6.45, 7) is 0.612. The van der Waals surface area contributed by atoms with Gasteiger partial charge in [-0.15, -0.1) is 22.7 Å². The Hall–Kier alpha value is -2.55. The van der Waals surface area contributed by atoms with Gasteiger partial charge in [-0.2, -0.15) is 5.10 Å². The molecule has 0 saturated carbocycles. The van der Waals surface area contributed by atoms with Crippen LogP contribution in [0.15, 0.2) is 54.4 Å². The van der Waals surface area contributed by atoms with Gasteiger partial charge < -0.3 is 0 Å². The van der Waals surface area contributed by atoms with Gasteiger partial charge in [0.05, 0.1) is 21.5 Å². The Labute approximate surface area is 162 Å². The van der Waals surface area contributed by atoms with Gasteiger partial charge >= 0.3 is 0 Å². The van der Waals surface area contributed by atoms with Crippen molar-refractivity contribution in [2.45, 2.75) is 6.54 Å². The van der Waals surface area contributed by atoms with E-state index in [0.29, 0.717) is 21.6 Å². The van der Waals surface area contributed by atoms with Crippen LogP contribution in [-0.4, -0.2) is 25.7 Å². The quantitative estimate of drug-likeness (QED) is 0.537. The summed E-state index contributed by atoms with van der Waals surface area (Å²) in [6.07, 6.45) is 3.15. The normalized spacial score (nSPS) is 10.8. The van der Waals surface area contributed by atoms with E-state index in [1.807, 2.05) is 29.6 Å². The molecule has 0 saturated heterocycles. The maximum atomic E-state index is 12.4. The van der Waals surface area contributed by atoms with Crippen LogP contribution >= 0.6 is 34.3 Å². The molecule has 1 N–H and O–H groups in total. The number of carbonyl (C=O) groups is 1. The molecule has 1 aromatic carbocycles. The number of anilines is 1. The van der Waals surface area contributed by atoms with Gasteiger partial charge in [0.1, 0.15) is 12.7 Å². The second-order valence-corrected chi connectivity index (χ2v) is 7.96. The number of benzene rings is 1. The lowest BCUT2D eigenvalue weighted by molar-refractivity contribution is 0.102. The smallest absolute Gasteiger partial charge is 0.257 e. The summed E-state index contributed by atoms with van der Waals surface area (Å²) in [4.78, 5) is 21.7. The van der Waals surface area contributed by atoms with Crippen molar-refractivity contribution >= 4 is 45.3 Å². The molecular weight excluding hydrogens is 390 g/mol. The Morgan fingerprint density at radius 1 is 1.19 bits per heavy atom. The molecule has 0 spiro atoms. The van der Waals surface area contributed by atoms with Crippen LogP contribution < -0.4 is 5.32 Å². The molecule has 0 fully saturated rings. The number of thiophene rings is 1. The van der Waals surface area contributed by atoms with E-state index in [2.05, 4.69) is 20.4 Å². The summed E-state index contributed by atoms with van der Waals surface area (Å²) in [6, 6.07) is 11.1. The number of rotatable bonds is 5. The minimum absolute atomic E-state index is 0.192. The van der Waals surface area contributed by atoms with Crippen LogP contribution in [0.5, 0.6) is 0 Å². The number of thiazole rings is 1.